The Morgan fingerprint density at radius 1 is 1.50 bits per heavy atom. The Morgan fingerprint density at radius 3 is 2.75 bits per heavy atom. The van der Waals surface area contributed by atoms with Gasteiger partial charge in [-0.2, -0.15) is 9.72 Å². The first-order valence-electron chi connectivity index (χ1n) is 6.90. The molecule has 1 N–H and O–H groups in total. The molecule has 0 bridgehead atoms. The first kappa shape index (κ1) is 14.2. The van der Waals surface area contributed by atoms with Crippen LogP contribution in [0.25, 0.3) is 0 Å². The topological polar surface area (TPSA) is 57.8 Å². The zero-order chi connectivity index (χ0) is 14.3. The first-order chi connectivity index (χ1) is 9.47. The van der Waals surface area contributed by atoms with Crippen molar-refractivity contribution in [2.75, 3.05) is 13.1 Å². The first-order valence-corrected chi connectivity index (χ1v) is 8.55. The lowest BCUT2D eigenvalue weighted by atomic mass is 10.2. The fourth-order valence-corrected chi connectivity index (χ4v) is 4.08. The van der Waals surface area contributed by atoms with Gasteiger partial charge in [0.05, 0.1) is 5.69 Å². The molecule has 0 aromatic carbocycles. The lowest BCUT2D eigenvalue weighted by Crippen LogP contribution is -2.39. The Morgan fingerprint density at radius 2 is 2.20 bits per heavy atom. The van der Waals surface area contributed by atoms with Gasteiger partial charge in [-0.1, -0.05) is 11.9 Å². The van der Waals surface area contributed by atoms with Gasteiger partial charge in [-0.25, -0.2) is 4.31 Å². The quantitative estimate of drug-likeness (QED) is 0.684. The molecule has 0 radical (unpaired) electrons. The van der Waals surface area contributed by atoms with E-state index in [2.05, 4.69) is 9.30 Å². The molecule has 1 saturated heterocycles. The molecule has 7 heteroatoms. The molecule has 1 aliphatic carbocycles. The number of carbonyl (C=O) groups excluding carboxylic acids is 1. The van der Waals surface area contributed by atoms with Crippen molar-refractivity contribution >= 4 is 29.2 Å². The molecule has 1 aromatic rings. The second kappa shape index (κ2) is 5.20. The van der Waals surface area contributed by atoms with E-state index >= 15 is 0 Å². The van der Waals surface area contributed by atoms with Crippen molar-refractivity contribution in [2.45, 2.75) is 43.8 Å². The van der Waals surface area contributed by atoms with Crippen LogP contribution in [0.4, 0.5) is 0 Å². The van der Waals surface area contributed by atoms with Crippen molar-refractivity contribution in [2.24, 2.45) is 4.99 Å². The average molecular weight is 313 g/mol. The second-order valence-corrected chi connectivity index (χ2v) is 8.39. The van der Waals surface area contributed by atoms with Gasteiger partial charge in [-0.3, -0.25) is 4.79 Å². The summed E-state index contributed by atoms with van der Waals surface area (Å²) in [5.41, 5.74) is 0.884. The number of hydrogen-bond donors (Lipinski definition) is 1. The minimum atomic E-state index is -0.586. The van der Waals surface area contributed by atoms with Gasteiger partial charge in [0.1, 0.15) is 4.75 Å². The van der Waals surface area contributed by atoms with E-state index in [1.54, 1.807) is 11.9 Å². The molecular formula is C13H19N3O2S2. The molecule has 1 aromatic heterocycles. The van der Waals surface area contributed by atoms with E-state index in [0.717, 1.165) is 36.4 Å². The number of thiazole rings is 1. The highest BCUT2D eigenvalue weighted by molar-refractivity contribution is 7.99. The summed E-state index contributed by atoms with van der Waals surface area (Å²) in [7, 11) is 0. The van der Waals surface area contributed by atoms with Crippen molar-refractivity contribution in [1.29, 1.82) is 0 Å². The van der Waals surface area contributed by atoms with Gasteiger partial charge in [0.15, 0.2) is 0 Å². The standard InChI is InChI=1S/C13H19N3O2S2/c1-13(2,20-15-6-3-7-15)11(17)14-12-16(18)10(8-19-12)9-4-5-9/h8-9,18H,3-7H2,1-2H3. The van der Waals surface area contributed by atoms with E-state index in [0.29, 0.717) is 10.7 Å². The molecule has 110 valence electrons. The third-order valence-corrected chi connectivity index (χ3v) is 5.68. The van der Waals surface area contributed by atoms with E-state index in [1.807, 2.05) is 19.2 Å². The number of rotatable bonds is 4. The predicted molar refractivity (Wildman–Crippen MR) is 79.9 cm³/mol. The van der Waals surface area contributed by atoms with Crippen LogP contribution >= 0.6 is 23.3 Å². The zero-order valence-corrected chi connectivity index (χ0v) is 13.3. The molecule has 20 heavy (non-hydrogen) atoms. The second-order valence-electron chi connectivity index (χ2n) is 5.83. The highest BCUT2D eigenvalue weighted by atomic mass is 32.2. The fraction of sp³-hybridized carbons (Fsp3) is 0.692. The maximum Gasteiger partial charge on any atom is 0.265 e. The molecule has 2 fully saturated rings. The van der Waals surface area contributed by atoms with Crippen LogP contribution in [-0.2, 0) is 4.79 Å². The van der Waals surface area contributed by atoms with Crippen LogP contribution in [0, 0.1) is 0 Å². The van der Waals surface area contributed by atoms with Gasteiger partial charge in [-0.05, 0) is 33.1 Å². The van der Waals surface area contributed by atoms with E-state index in [9.17, 15) is 10.0 Å². The van der Waals surface area contributed by atoms with Crippen LogP contribution in [0.5, 0.6) is 0 Å². The summed E-state index contributed by atoms with van der Waals surface area (Å²) in [5.74, 6) is 0.250. The van der Waals surface area contributed by atoms with Crippen LogP contribution < -0.4 is 4.80 Å². The number of hydrogen-bond acceptors (Lipinski definition) is 5. The van der Waals surface area contributed by atoms with E-state index in [-0.39, 0.29) is 5.91 Å². The Hall–Kier alpha value is -0.790. The molecule has 0 spiro atoms. The summed E-state index contributed by atoms with van der Waals surface area (Å²) in [6.07, 6.45) is 3.42. The van der Waals surface area contributed by atoms with Gasteiger partial charge in [0, 0.05) is 24.4 Å². The lowest BCUT2D eigenvalue weighted by Gasteiger charge is -2.34. The number of nitrogens with zero attached hydrogens (tertiary/aromatic N) is 3. The van der Waals surface area contributed by atoms with Gasteiger partial charge >= 0.3 is 0 Å². The Labute approximate surface area is 126 Å². The van der Waals surface area contributed by atoms with Gasteiger partial charge < -0.3 is 5.21 Å². The predicted octanol–water partition coefficient (Wildman–Crippen LogP) is 2.22. The smallest absolute Gasteiger partial charge is 0.265 e. The molecule has 1 saturated carbocycles. The minimum absolute atomic E-state index is 0.193. The van der Waals surface area contributed by atoms with Crippen LogP contribution in [0.1, 0.15) is 44.7 Å². The number of aromatic nitrogens is 1. The summed E-state index contributed by atoms with van der Waals surface area (Å²) in [6.45, 7) is 5.84. The Bertz CT molecular complexity index is 583. The third kappa shape index (κ3) is 2.80. The van der Waals surface area contributed by atoms with Gasteiger partial charge in [0.2, 0.25) is 4.80 Å². The maximum absolute atomic E-state index is 12.3. The molecule has 1 amide bonds. The molecule has 0 atom stereocenters. The van der Waals surface area contributed by atoms with Crippen molar-refractivity contribution in [1.82, 2.24) is 9.04 Å². The van der Waals surface area contributed by atoms with Crippen molar-refractivity contribution < 1.29 is 10.0 Å². The van der Waals surface area contributed by atoms with E-state index < -0.39 is 4.75 Å². The van der Waals surface area contributed by atoms with E-state index in [4.69, 9.17) is 0 Å². The fourth-order valence-electron chi connectivity index (χ4n) is 2.01. The van der Waals surface area contributed by atoms with Gasteiger partial charge in [-0.15, -0.1) is 11.3 Å². The van der Waals surface area contributed by atoms with Gasteiger partial charge in [0.25, 0.3) is 5.91 Å². The lowest BCUT2D eigenvalue weighted by molar-refractivity contribution is -0.119. The SMILES string of the molecule is CC(C)(SN1CCC1)C(=O)N=c1scc(C2CC2)n1O. The average Bonchev–Trinajstić information content (AvgIpc) is 3.12. The molecule has 5 nitrogen and oxygen atoms in total. The van der Waals surface area contributed by atoms with E-state index in [1.165, 1.54) is 17.8 Å². The number of amides is 1. The van der Waals surface area contributed by atoms with Crippen molar-refractivity contribution in [3.8, 4) is 0 Å². The molecule has 3 rings (SSSR count). The molecule has 1 aliphatic heterocycles. The van der Waals surface area contributed by atoms with Crippen LogP contribution in [-0.4, -0.2) is 38.0 Å². The van der Waals surface area contributed by atoms with Crippen molar-refractivity contribution in [3.05, 3.63) is 15.9 Å². The normalized spacial score (nSPS) is 21.0. The minimum Gasteiger partial charge on any atom is -0.426 e. The molecule has 2 aliphatic rings. The summed E-state index contributed by atoms with van der Waals surface area (Å²) in [6, 6.07) is 0. The summed E-state index contributed by atoms with van der Waals surface area (Å²) < 4.78 is 2.69. The highest BCUT2D eigenvalue weighted by Gasteiger charge is 2.33. The third-order valence-electron chi connectivity index (χ3n) is 3.59. The van der Waals surface area contributed by atoms with Crippen molar-refractivity contribution in [3.63, 3.8) is 0 Å². The Balaban J connectivity index is 1.77. The highest BCUT2D eigenvalue weighted by Crippen LogP contribution is 2.39. The maximum atomic E-state index is 12.3. The summed E-state index contributed by atoms with van der Waals surface area (Å²) >= 11 is 2.88. The Kier molecular flexibility index (Phi) is 3.68. The molecular weight excluding hydrogens is 294 g/mol. The van der Waals surface area contributed by atoms with Crippen LogP contribution in [0.2, 0.25) is 0 Å². The van der Waals surface area contributed by atoms with Crippen LogP contribution in [0.15, 0.2) is 10.4 Å². The summed E-state index contributed by atoms with van der Waals surface area (Å²) in [4.78, 5) is 16.8. The zero-order valence-electron chi connectivity index (χ0n) is 11.7. The monoisotopic (exact) mass is 313 g/mol. The largest absolute Gasteiger partial charge is 0.426 e. The number of carbonyl (C=O) groups is 1. The molecule has 0 unspecified atom stereocenters. The molecule has 2 heterocycles. The van der Waals surface area contributed by atoms with Crippen LogP contribution in [0.3, 0.4) is 0 Å². The summed E-state index contributed by atoms with van der Waals surface area (Å²) in [5, 5.41) is 12.0.